The monoisotopic (exact) mass is 417 g/mol. The maximum Gasteiger partial charge on any atom is 0.336 e. The molecule has 0 saturated heterocycles. The van der Waals surface area contributed by atoms with Crippen molar-refractivity contribution >= 4 is 16.9 Å². The van der Waals surface area contributed by atoms with Crippen LogP contribution in [-0.2, 0) is 22.6 Å². The number of oxazole rings is 1. The second kappa shape index (κ2) is 8.60. The van der Waals surface area contributed by atoms with E-state index in [9.17, 15) is 9.59 Å². The van der Waals surface area contributed by atoms with Crippen LogP contribution in [0.5, 0.6) is 0 Å². The number of rotatable bonds is 6. The Labute approximate surface area is 179 Å². The number of aryl methyl sites for hydroxylation is 4. The minimum atomic E-state index is -0.467. The van der Waals surface area contributed by atoms with Gasteiger partial charge in [-0.15, -0.1) is 0 Å². The summed E-state index contributed by atoms with van der Waals surface area (Å²) >= 11 is 0. The second-order valence-electron chi connectivity index (χ2n) is 7.67. The van der Waals surface area contributed by atoms with Crippen LogP contribution in [0.1, 0.15) is 34.6 Å². The zero-order valence-corrected chi connectivity index (χ0v) is 17.7. The first-order valence-electron chi connectivity index (χ1n) is 10.1. The number of carbonyl (C=O) groups excluding carboxylic acids is 1. The Bertz CT molecular complexity index is 1300. The average Bonchev–Trinajstić information content (AvgIpc) is 3.21. The van der Waals surface area contributed by atoms with Crippen molar-refractivity contribution in [3.05, 3.63) is 87.2 Å². The summed E-state index contributed by atoms with van der Waals surface area (Å²) in [7, 11) is 0. The Morgan fingerprint density at radius 1 is 1.00 bits per heavy atom. The van der Waals surface area contributed by atoms with Gasteiger partial charge in [0.15, 0.2) is 11.7 Å². The number of hydrogen-bond acceptors (Lipinski definition) is 6. The molecule has 0 N–H and O–H groups in total. The normalized spacial score (nSPS) is 11.1. The molecule has 2 aromatic heterocycles. The van der Waals surface area contributed by atoms with Gasteiger partial charge >= 0.3 is 11.6 Å². The van der Waals surface area contributed by atoms with E-state index in [1.54, 1.807) is 6.20 Å². The fraction of sp³-hybridized carbons (Fsp3) is 0.240. The average molecular weight is 417 g/mol. The fourth-order valence-corrected chi connectivity index (χ4v) is 3.32. The van der Waals surface area contributed by atoms with Gasteiger partial charge in [-0.1, -0.05) is 29.8 Å². The Balaban J connectivity index is 1.39. The molecule has 4 aromatic rings. The summed E-state index contributed by atoms with van der Waals surface area (Å²) in [6.45, 7) is 5.96. The minimum Gasteiger partial charge on any atom is -0.461 e. The van der Waals surface area contributed by atoms with Crippen LogP contribution in [0.3, 0.4) is 0 Å². The van der Waals surface area contributed by atoms with Crippen LogP contribution in [0.25, 0.3) is 22.3 Å². The second-order valence-corrected chi connectivity index (χ2v) is 7.67. The van der Waals surface area contributed by atoms with Crippen molar-refractivity contribution < 1.29 is 18.4 Å². The highest BCUT2D eigenvalue weighted by atomic mass is 16.5. The molecule has 0 aliphatic heterocycles. The lowest BCUT2D eigenvalue weighted by molar-refractivity contribution is -0.144. The predicted molar refractivity (Wildman–Crippen MR) is 117 cm³/mol. The molecule has 6 nitrogen and oxygen atoms in total. The standard InChI is InChI=1S/C25H23NO5/c1-15-4-6-18(7-5-15)22-13-26-23(30-22)8-9-24(27)29-14-19-12-25(28)31-21-11-17(3)16(2)10-20(19)21/h4-7,10-13H,8-9,14H2,1-3H3. The van der Waals surface area contributed by atoms with E-state index in [0.717, 1.165) is 22.1 Å². The summed E-state index contributed by atoms with van der Waals surface area (Å²) < 4.78 is 16.4. The van der Waals surface area contributed by atoms with E-state index in [-0.39, 0.29) is 19.0 Å². The summed E-state index contributed by atoms with van der Waals surface area (Å²) in [5.41, 5.74) is 4.85. The van der Waals surface area contributed by atoms with Crippen molar-refractivity contribution in [2.45, 2.75) is 40.2 Å². The summed E-state index contributed by atoms with van der Waals surface area (Å²) in [6, 6.07) is 13.1. The summed E-state index contributed by atoms with van der Waals surface area (Å²) in [5.74, 6) is 0.751. The van der Waals surface area contributed by atoms with Crippen LogP contribution in [-0.4, -0.2) is 11.0 Å². The fourth-order valence-electron chi connectivity index (χ4n) is 3.32. The van der Waals surface area contributed by atoms with E-state index < -0.39 is 5.63 Å². The molecule has 4 rings (SSSR count). The molecule has 0 radical (unpaired) electrons. The van der Waals surface area contributed by atoms with Gasteiger partial charge in [0.2, 0.25) is 0 Å². The van der Waals surface area contributed by atoms with Crippen molar-refractivity contribution in [2.75, 3.05) is 0 Å². The third-order valence-corrected chi connectivity index (χ3v) is 5.27. The number of aromatic nitrogens is 1. The van der Waals surface area contributed by atoms with Gasteiger partial charge in [-0.25, -0.2) is 9.78 Å². The van der Waals surface area contributed by atoms with E-state index >= 15 is 0 Å². The first-order chi connectivity index (χ1) is 14.9. The van der Waals surface area contributed by atoms with Gasteiger partial charge in [-0.05, 0) is 44.0 Å². The first kappa shape index (κ1) is 20.6. The van der Waals surface area contributed by atoms with Crippen molar-refractivity contribution in [1.29, 1.82) is 0 Å². The smallest absolute Gasteiger partial charge is 0.336 e. The van der Waals surface area contributed by atoms with E-state index in [4.69, 9.17) is 13.6 Å². The third-order valence-electron chi connectivity index (χ3n) is 5.27. The lowest BCUT2D eigenvalue weighted by Crippen LogP contribution is -2.08. The number of hydrogen-bond donors (Lipinski definition) is 0. The topological polar surface area (TPSA) is 82.5 Å². The Hall–Kier alpha value is -3.67. The van der Waals surface area contributed by atoms with E-state index in [0.29, 0.717) is 29.2 Å². The molecule has 0 atom stereocenters. The molecule has 0 fully saturated rings. The molecule has 0 saturated carbocycles. The van der Waals surface area contributed by atoms with Crippen molar-refractivity contribution in [1.82, 2.24) is 4.98 Å². The molecule has 0 spiro atoms. The molecule has 2 heterocycles. The van der Waals surface area contributed by atoms with E-state index in [1.807, 2.05) is 57.2 Å². The number of esters is 1. The van der Waals surface area contributed by atoms with Gasteiger partial charge in [0.25, 0.3) is 0 Å². The molecule has 158 valence electrons. The highest BCUT2D eigenvalue weighted by Gasteiger charge is 2.13. The first-order valence-corrected chi connectivity index (χ1v) is 10.1. The predicted octanol–water partition coefficient (Wildman–Crippen LogP) is 5.05. The molecular formula is C25H23NO5. The molecule has 2 aromatic carbocycles. The lowest BCUT2D eigenvalue weighted by atomic mass is 10.0. The Morgan fingerprint density at radius 3 is 2.52 bits per heavy atom. The van der Waals surface area contributed by atoms with E-state index in [2.05, 4.69) is 4.98 Å². The molecule has 6 heteroatoms. The van der Waals surface area contributed by atoms with Crippen molar-refractivity contribution in [2.24, 2.45) is 0 Å². The van der Waals surface area contributed by atoms with Crippen LogP contribution in [0.15, 0.2) is 62.3 Å². The number of fused-ring (bicyclic) bond motifs is 1. The quantitative estimate of drug-likeness (QED) is 0.323. The molecule has 0 unspecified atom stereocenters. The van der Waals surface area contributed by atoms with Gasteiger partial charge in [-0.3, -0.25) is 4.79 Å². The van der Waals surface area contributed by atoms with Gasteiger partial charge < -0.3 is 13.6 Å². The molecule has 0 aliphatic carbocycles. The lowest BCUT2D eigenvalue weighted by Gasteiger charge is -2.09. The Kier molecular flexibility index (Phi) is 5.71. The SMILES string of the molecule is Cc1ccc(-c2cnc(CCC(=O)OCc3cc(=O)oc4cc(C)c(C)cc34)o2)cc1. The maximum absolute atomic E-state index is 12.3. The van der Waals surface area contributed by atoms with Crippen molar-refractivity contribution in [3.63, 3.8) is 0 Å². The van der Waals surface area contributed by atoms with Crippen LogP contribution in [0.4, 0.5) is 0 Å². The third kappa shape index (κ3) is 4.74. The van der Waals surface area contributed by atoms with Crippen LogP contribution in [0.2, 0.25) is 0 Å². The van der Waals surface area contributed by atoms with Crippen LogP contribution >= 0.6 is 0 Å². The maximum atomic E-state index is 12.3. The number of benzene rings is 2. The summed E-state index contributed by atoms with van der Waals surface area (Å²) in [5, 5.41) is 0.769. The highest BCUT2D eigenvalue weighted by Crippen LogP contribution is 2.23. The van der Waals surface area contributed by atoms with Crippen molar-refractivity contribution in [3.8, 4) is 11.3 Å². The Morgan fingerprint density at radius 2 is 1.74 bits per heavy atom. The minimum absolute atomic E-state index is 0.00361. The summed E-state index contributed by atoms with van der Waals surface area (Å²) in [4.78, 5) is 28.4. The molecule has 31 heavy (non-hydrogen) atoms. The highest BCUT2D eigenvalue weighted by molar-refractivity contribution is 5.82. The zero-order valence-electron chi connectivity index (χ0n) is 17.7. The zero-order chi connectivity index (χ0) is 22.0. The number of nitrogens with zero attached hydrogens (tertiary/aromatic N) is 1. The van der Waals surface area contributed by atoms with Gasteiger partial charge in [0.1, 0.15) is 12.2 Å². The van der Waals surface area contributed by atoms with Gasteiger partial charge in [0, 0.05) is 29.0 Å². The molecule has 0 amide bonds. The molecular weight excluding hydrogens is 394 g/mol. The van der Waals surface area contributed by atoms with Gasteiger partial charge in [0.05, 0.1) is 12.6 Å². The van der Waals surface area contributed by atoms with Crippen LogP contribution < -0.4 is 5.63 Å². The van der Waals surface area contributed by atoms with E-state index in [1.165, 1.54) is 11.6 Å². The summed E-state index contributed by atoms with van der Waals surface area (Å²) in [6.07, 6.45) is 2.12. The molecule has 0 aliphatic rings. The number of ether oxygens (including phenoxy) is 1. The largest absolute Gasteiger partial charge is 0.461 e. The number of carbonyl (C=O) groups is 1. The molecule has 0 bridgehead atoms. The van der Waals surface area contributed by atoms with Crippen LogP contribution in [0, 0.1) is 20.8 Å². The van der Waals surface area contributed by atoms with Gasteiger partial charge in [-0.2, -0.15) is 0 Å².